The van der Waals surface area contributed by atoms with Crippen LogP contribution in [-0.2, 0) is 26.5 Å². The predicted octanol–water partition coefficient (Wildman–Crippen LogP) is 13.9. The fourth-order valence-electron chi connectivity index (χ4n) is 8.35. The zero-order valence-corrected chi connectivity index (χ0v) is 36.1. The summed E-state index contributed by atoms with van der Waals surface area (Å²) in [7, 11) is 0. The molecule has 4 heterocycles. The number of nitrogens with zero attached hydrogens (tertiary/aromatic N) is 5. The van der Waals surface area contributed by atoms with Crippen molar-refractivity contribution in [1.82, 2.24) is 14.1 Å². The van der Waals surface area contributed by atoms with Crippen molar-refractivity contribution in [3.63, 3.8) is 0 Å². The standard InChI is InChI=1S/C54H40N5O.Pt/c1-54(2,3)40-30-43(58-36-57(42-19-11-6-12-20-42)49-21-13-14-22-50(49)58)32-45(31-40)60-44-24-25-46-47-29-38(37-15-7-4-8-16-37)23-26-48(47)59(52(46)33-44)53-34-51-39(35-55-53)27-28-56(51)41-17-9-5-10-18-41;/h4-31,34-36H,1-3H3;/q-3;. The molecule has 0 saturated carbocycles. The topological polar surface area (TPSA) is 38.5 Å². The molecule has 0 atom stereocenters. The van der Waals surface area contributed by atoms with E-state index in [1.54, 1.807) is 0 Å². The molecule has 6 nitrogen and oxygen atoms in total. The number of anilines is 4. The van der Waals surface area contributed by atoms with E-state index in [4.69, 9.17) is 9.72 Å². The number of fused-ring (bicyclic) bond motifs is 5. The third kappa shape index (κ3) is 6.87. The van der Waals surface area contributed by atoms with E-state index in [2.05, 4.69) is 216 Å². The predicted molar refractivity (Wildman–Crippen MR) is 245 cm³/mol. The maximum Gasteiger partial charge on any atom is 0.137 e. The van der Waals surface area contributed by atoms with Crippen LogP contribution >= 0.6 is 0 Å². The summed E-state index contributed by atoms with van der Waals surface area (Å²) in [5.74, 6) is 2.01. The van der Waals surface area contributed by atoms with Crippen molar-refractivity contribution >= 4 is 55.5 Å². The van der Waals surface area contributed by atoms with Crippen molar-refractivity contribution < 1.29 is 25.8 Å². The van der Waals surface area contributed by atoms with Crippen molar-refractivity contribution in [3.8, 4) is 34.1 Å². The second-order valence-corrected chi connectivity index (χ2v) is 16.3. The Morgan fingerprint density at radius 3 is 2.00 bits per heavy atom. The molecule has 0 N–H and O–H groups in total. The first-order valence-electron chi connectivity index (χ1n) is 20.3. The number of benzene rings is 7. The van der Waals surface area contributed by atoms with Gasteiger partial charge in [-0.15, -0.1) is 53.6 Å². The van der Waals surface area contributed by atoms with E-state index in [-0.39, 0.29) is 26.5 Å². The normalized spacial score (nSPS) is 12.6. The minimum atomic E-state index is -0.154. The number of para-hydroxylation sites is 4. The minimum absolute atomic E-state index is 0. The quantitative estimate of drug-likeness (QED) is 0.149. The third-order valence-corrected chi connectivity index (χ3v) is 11.4. The first-order valence-corrected chi connectivity index (χ1v) is 20.3. The van der Waals surface area contributed by atoms with E-state index in [1.807, 2.05) is 24.4 Å². The van der Waals surface area contributed by atoms with Crippen LogP contribution in [0.3, 0.4) is 0 Å². The van der Waals surface area contributed by atoms with Gasteiger partial charge in [-0.25, -0.2) is 4.98 Å². The second-order valence-electron chi connectivity index (χ2n) is 16.3. The molecule has 0 radical (unpaired) electrons. The molecular weight excluding hydrogens is 930 g/mol. The molecule has 0 bridgehead atoms. The van der Waals surface area contributed by atoms with Gasteiger partial charge in [0.25, 0.3) is 0 Å². The van der Waals surface area contributed by atoms with E-state index >= 15 is 0 Å². The summed E-state index contributed by atoms with van der Waals surface area (Å²) in [5, 5.41) is 3.25. The zero-order chi connectivity index (χ0) is 40.4. The van der Waals surface area contributed by atoms with Crippen LogP contribution in [-0.4, -0.2) is 14.1 Å². The monoisotopic (exact) mass is 969 g/mol. The van der Waals surface area contributed by atoms with E-state index in [9.17, 15) is 0 Å². The van der Waals surface area contributed by atoms with Crippen molar-refractivity contribution in [3.05, 3.63) is 207 Å². The van der Waals surface area contributed by atoms with Gasteiger partial charge in [0.15, 0.2) is 0 Å². The fourth-order valence-corrected chi connectivity index (χ4v) is 8.35. The molecule has 0 saturated heterocycles. The van der Waals surface area contributed by atoms with Gasteiger partial charge in [-0.2, -0.15) is 6.07 Å². The van der Waals surface area contributed by atoms with Crippen molar-refractivity contribution in [2.24, 2.45) is 0 Å². The van der Waals surface area contributed by atoms with Crippen LogP contribution in [0.25, 0.3) is 55.3 Å². The van der Waals surface area contributed by atoms with Crippen LogP contribution in [0.2, 0.25) is 0 Å². The van der Waals surface area contributed by atoms with Crippen molar-refractivity contribution in [2.45, 2.75) is 26.2 Å². The van der Waals surface area contributed by atoms with Gasteiger partial charge in [-0.05, 0) is 70.5 Å². The molecule has 7 heteroatoms. The van der Waals surface area contributed by atoms with Gasteiger partial charge in [0, 0.05) is 84.7 Å². The van der Waals surface area contributed by atoms with E-state index < -0.39 is 0 Å². The first kappa shape index (κ1) is 38.3. The average molecular weight is 970 g/mol. The molecule has 300 valence electrons. The van der Waals surface area contributed by atoms with E-state index in [0.29, 0.717) is 11.5 Å². The molecule has 0 aliphatic carbocycles. The molecule has 10 aromatic rings. The van der Waals surface area contributed by atoms with Crippen molar-refractivity contribution in [1.29, 1.82) is 0 Å². The number of pyridine rings is 1. The second kappa shape index (κ2) is 15.3. The van der Waals surface area contributed by atoms with Crippen LogP contribution in [0.15, 0.2) is 182 Å². The minimum Gasteiger partial charge on any atom is -0.509 e. The number of aromatic nitrogens is 3. The Hall–Kier alpha value is -6.88. The van der Waals surface area contributed by atoms with Crippen LogP contribution in [0, 0.1) is 18.8 Å². The molecule has 7 aromatic carbocycles. The number of rotatable bonds is 7. The van der Waals surface area contributed by atoms with Gasteiger partial charge < -0.3 is 23.7 Å². The largest absolute Gasteiger partial charge is 0.509 e. The molecule has 0 fully saturated rings. The van der Waals surface area contributed by atoms with Crippen LogP contribution < -0.4 is 14.5 Å². The van der Waals surface area contributed by atoms with E-state index in [1.165, 1.54) is 5.56 Å². The van der Waals surface area contributed by atoms with Crippen LogP contribution in [0.1, 0.15) is 26.3 Å². The summed E-state index contributed by atoms with van der Waals surface area (Å²) in [6.07, 6.45) is 4.07. The third-order valence-electron chi connectivity index (χ3n) is 11.4. The zero-order valence-electron chi connectivity index (χ0n) is 33.9. The summed E-state index contributed by atoms with van der Waals surface area (Å²) >= 11 is 0. The molecule has 11 rings (SSSR count). The first-order chi connectivity index (χ1) is 29.4. The Kier molecular flexibility index (Phi) is 9.61. The molecule has 61 heavy (non-hydrogen) atoms. The average Bonchev–Trinajstić information content (AvgIpc) is 3.98. The SMILES string of the molecule is CC(C)(C)c1cc(Oc2[c-]c3c(cc2)c2cc(-c4ccccc4)ccc2n3-c2cc3c(ccn3-c3ccccc3)cn2)[c-]c(N2[CH-]N(c3ccccc3)c3ccccc32)c1.[Pt]. The number of hydrogen-bond donors (Lipinski definition) is 0. The Balaban J connectivity index is 0.00000445. The molecule has 0 amide bonds. The molecule has 1 aliphatic rings. The molecule has 3 aromatic heterocycles. The maximum atomic E-state index is 6.83. The number of ether oxygens (including phenoxy) is 1. The molecule has 0 unspecified atom stereocenters. The van der Waals surface area contributed by atoms with Gasteiger partial charge in [0.1, 0.15) is 5.82 Å². The maximum absolute atomic E-state index is 6.83. The fraction of sp³-hybridized carbons (Fsp3) is 0.0741. The molecule has 1 aliphatic heterocycles. The van der Waals surface area contributed by atoms with E-state index in [0.717, 1.165) is 78.1 Å². The van der Waals surface area contributed by atoms with Gasteiger partial charge in [-0.1, -0.05) is 117 Å². The Bertz CT molecular complexity index is 3210. The molecule has 0 spiro atoms. The van der Waals surface area contributed by atoms with Crippen LogP contribution in [0.5, 0.6) is 11.5 Å². The molecular formula is C54H40N5OPt-3. The van der Waals surface area contributed by atoms with Gasteiger partial charge >= 0.3 is 0 Å². The summed E-state index contributed by atoms with van der Waals surface area (Å²) < 4.78 is 11.3. The Morgan fingerprint density at radius 1 is 0.574 bits per heavy atom. The van der Waals surface area contributed by atoms with Crippen LogP contribution in [0.4, 0.5) is 22.7 Å². The van der Waals surface area contributed by atoms with Crippen molar-refractivity contribution in [2.75, 3.05) is 9.80 Å². The summed E-state index contributed by atoms with van der Waals surface area (Å²) in [5.41, 5.74) is 11.5. The van der Waals surface area contributed by atoms with Gasteiger partial charge in [-0.3, -0.25) is 0 Å². The van der Waals surface area contributed by atoms with Gasteiger partial charge in [0.2, 0.25) is 0 Å². The Labute approximate surface area is 370 Å². The van der Waals surface area contributed by atoms with Gasteiger partial charge in [0.05, 0.1) is 5.52 Å². The smallest absolute Gasteiger partial charge is 0.137 e. The summed E-state index contributed by atoms with van der Waals surface area (Å²) in [6.45, 7) is 8.82. The summed E-state index contributed by atoms with van der Waals surface area (Å²) in [6, 6.07) is 66.7. The summed E-state index contributed by atoms with van der Waals surface area (Å²) in [4.78, 5) is 9.48. The number of hydrogen-bond acceptors (Lipinski definition) is 4. The Morgan fingerprint density at radius 2 is 1.26 bits per heavy atom.